The summed E-state index contributed by atoms with van der Waals surface area (Å²) in [6, 6.07) is 6.21. The van der Waals surface area contributed by atoms with Crippen LogP contribution in [0, 0.1) is 0 Å². The van der Waals surface area contributed by atoms with Crippen molar-refractivity contribution in [2.45, 2.75) is 43.7 Å². The predicted octanol–water partition coefficient (Wildman–Crippen LogP) is 2.55. The van der Waals surface area contributed by atoms with Gasteiger partial charge in [-0.25, -0.2) is 4.98 Å². The third-order valence-corrected chi connectivity index (χ3v) is 5.05. The van der Waals surface area contributed by atoms with Gasteiger partial charge in [-0.05, 0) is 25.0 Å². The summed E-state index contributed by atoms with van der Waals surface area (Å²) in [5.41, 5.74) is 12.9. The number of rotatable bonds is 4. The average Bonchev–Trinajstić information content (AvgIpc) is 2.60. The number of nitrogens with two attached hydrogens (primary N) is 2. The fourth-order valence-electron chi connectivity index (χ4n) is 3.56. The Bertz CT molecular complexity index is 721. The number of anilines is 2. The number of pyridine rings is 1. The summed E-state index contributed by atoms with van der Waals surface area (Å²) < 4.78 is 6.00. The molecule has 0 bridgehead atoms. The van der Waals surface area contributed by atoms with Gasteiger partial charge in [-0.2, -0.15) is 4.98 Å². The molecule has 4 N–H and O–H groups in total. The largest absolute Gasteiger partial charge is 0.489 e. The molecule has 1 saturated carbocycles. The Balaban J connectivity index is 0.00000131. The summed E-state index contributed by atoms with van der Waals surface area (Å²) in [5, 5.41) is 0. The quantitative estimate of drug-likeness (QED) is 0.794. The van der Waals surface area contributed by atoms with E-state index in [1.54, 1.807) is 12.4 Å². The first-order chi connectivity index (χ1) is 12.2. The molecule has 1 aliphatic heterocycles. The van der Waals surface area contributed by atoms with Gasteiger partial charge in [-0.15, -0.1) is 24.8 Å². The van der Waals surface area contributed by atoms with Gasteiger partial charge in [0.2, 0.25) is 5.95 Å². The maximum absolute atomic E-state index is 6.00. The van der Waals surface area contributed by atoms with E-state index in [2.05, 4.69) is 25.9 Å². The lowest BCUT2D eigenvalue weighted by atomic mass is 9.78. The first kappa shape index (κ1) is 21.5. The maximum atomic E-state index is 6.00. The lowest BCUT2D eigenvalue weighted by Gasteiger charge is -2.35. The topological polar surface area (TPSA) is 103 Å². The van der Waals surface area contributed by atoms with Crippen molar-refractivity contribution in [2.24, 2.45) is 5.73 Å². The summed E-state index contributed by atoms with van der Waals surface area (Å²) in [4.78, 5) is 15.2. The highest BCUT2D eigenvalue weighted by molar-refractivity contribution is 5.85. The third-order valence-electron chi connectivity index (χ3n) is 5.05. The van der Waals surface area contributed by atoms with Crippen molar-refractivity contribution in [3.05, 3.63) is 36.3 Å². The standard InChI is InChI=1S/C18H24N6O.2ClH/c19-13-8-12(9-13)16-10-17(23-18(20)22-16)24-6-3-14(4-7-24)25-15-2-1-5-21-11-15;;/h1-2,5,10-14H,3-4,6-9,19H2,(H2,20,22,23);2*1H. The van der Waals surface area contributed by atoms with Gasteiger partial charge in [0.1, 0.15) is 17.7 Å². The van der Waals surface area contributed by atoms with Crippen LogP contribution in [-0.2, 0) is 0 Å². The van der Waals surface area contributed by atoms with E-state index in [-0.39, 0.29) is 30.9 Å². The first-order valence-corrected chi connectivity index (χ1v) is 8.89. The van der Waals surface area contributed by atoms with Crippen LogP contribution in [0.1, 0.15) is 37.3 Å². The van der Waals surface area contributed by atoms with E-state index >= 15 is 0 Å². The minimum absolute atomic E-state index is 0. The second-order valence-corrected chi connectivity index (χ2v) is 6.93. The van der Waals surface area contributed by atoms with E-state index in [9.17, 15) is 0 Å². The van der Waals surface area contributed by atoms with Gasteiger partial charge in [-0.1, -0.05) is 0 Å². The van der Waals surface area contributed by atoms with Crippen LogP contribution in [0.4, 0.5) is 11.8 Å². The number of hydrogen-bond donors (Lipinski definition) is 2. The molecule has 148 valence electrons. The van der Waals surface area contributed by atoms with Crippen LogP contribution in [0.3, 0.4) is 0 Å². The minimum Gasteiger partial charge on any atom is -0.489 e. The smallest absolute Gasteiger partial charge is 0.222 e. The Morgan fingerprint density at radius 1 is 1.11 bits per heavy atom. The molecule has 2 aromatic heterocycles. The molecular formula is C18H26Cl2N6O. The summed E-state index contributed by atoms with van der Waals surface area (Å²) in [5.74, 6) is 2.52. The number of halogens is 2. The molecule has 2 aromatic rings. The van der Waals surface area contributed by atoms with E-state index in [4.69, 9.17) is 16.2 Å². The summed E-state index contributed by atoms with van der Waals surface area (Å²) in [7, 11) is 0. The molecular weight excluding hydrogens is 387 g/mol. The van der Waals surface area contributed by atoms with E-state index in [1.165, 1.54) is 0 Å². The number of piperidine rings is 1. The van der Waals surface area contributed by atoms with Crippen molar-refractivity contribution in [1.82, 2.24) is 15.0 Å². The van der Waals surface area contributed by atoms with Crippen LogP contribution < -0.4 is 21.1 Å². The van der Waals surface area contributed by atoms with Crippen molar-refractivity contribution in [3.8, 4) is 5.75 Å². The average molecular weight is 413 g/mol. The number of aromatic nitrogens is 3. The van der Waals surface area contributed by atoms with Crippen LogP contribution in [0.25, 0.3) is 0 Å². The van der Waals surface area contributed by atoms with E-state index in [1.807, 2.05) is 12.1 Å². The number of nitrogens with zero attached hydrogens (tertiary/aromatic N) is 4. The number of ether oxygens (including phenoxy) is 1. The molecule has 7 nitrogen and oxygen atoms in total. The zero-order valence-electron chi connectivity index (χ0n) is 15.0. The van der Waals surface area contributed by atoms with Crippen molar-refractivity contribution in [2.75, 3.05) is 23.7 Å². The SMILES string of the molecule is Cl.Cl.Nc1nc(C2CC(N)C2)cc(N2CCC(Oc3cccnc3)CC2)n1. The van der Waals surface area contributed by atoms with E-state index in [0.717, 1.165) is 56.0 Å². The Kier molecular flexibility index (Phi) is 7.47. The molecule has 9 heteroatoms. The van der Waals surface area contributed by atoms with Crippen molar-refractivity contribution < 1.29 is 4.74 Å². The highest BCUT2D eigenvalue weighted by Gasteiger charge is 2.30. The molecule has 3 heterocycles. The second-order valence-electron chi connectivity index (χ2n) is 6.93. The lowest BCUT2D eigenvalue weighted by molar-refractivity contribution is 0.170. The fraction of sp³-hybridized carbons (Fsp3) is 0.500. The number of nitrogen functional groups attached to an aromatic ring is 1. The van der Waals surface area contributed by atoms with Gasteiger partial charge < -0.3 is 21.1 Å². The zero-order valence-corrected chi connectivity index (χ0v) is 16.7. The van der Waals surface area contributed by atoms with Crippen LogP contribution in [0.5, 0.6) is 5.75 Å². The predicted molar refractivity (Wildman–Crippen MR) is 111 cm³/mol. The minimum atomic E-state index is 0. The monoisotopic (exact) mass is 412 g/mol. The Labute approximate surface area is 171 Å². The molecule has 2 fully saturated rings. The molecule has 0 aromatic carbocycles. The van der Waals surface area contributed by atoms with E-state index in [0.29, 0.717) is 17.9 Å². The third kappa shape index (κ3) is 5.12. The van der Waals surface area contributed by atoms with Gasteiger partial charge in [0.05, 0.1) is 11.9 Å². The van der Waals surface area contributed by atoms with Crippen LogP contribution in [0.15, 0.2) is 30.6 Å². The molecule has 27 heavy (non-hydrogen) atoms. The van der Waals surface area contributed by atoms with Crippen LogP contribution in [-0.4, -0.2) is 40.2 Å². The van der Waals surface area contributed by atoms with E-state index < -0.39 is 0 Å². The molecule has 0 unspecified atom stereocenters. The van der Waals surface area contributed by atoms with Crippen molar-refractivity contribution >= 4 is 36.6 Å². The summed E-state index contributed by atoms with van der Waals surface area (Å²) in [6.07, 6.45) is 7.58. The van der Waals surface area contributed by atoms with Crippen molar-refractivity contribution in [3.63, 3.8) is 0 Å². The zero-order chi connectivity index (χ0) is 17.2. The highest BCUT2D eigenvalue weighted by Crippen LogP contribution is 2.36. The van der Waals surface area contributed by atoms with Gasteiger partial charge in [-0.3, -0.25) is 4.98 Å². The Morgan fingerprint density at radius 3 is 2.48 bits per heavy atom. The fourth-order valence-corrected chi connectivity index (χ4v) is 3.56. The molecule has 1 aliphatic carbocycles. The van der Waals surface area contributed by atoms with Gasteiger partial charge in [0.25, 0.3) is 0 Å². The molecule has 2 aliphatic rings. The van der Waals surface area contributed by atoms with Gasteiger partial charge in [0.15, 0.2) is 0 Å². The molecule has 0 amide bonds. The van der Waals surface area contributed by atoms with Crippen molar-refractivity contribution in [1.29, 1.82) is 0 Å². The van der Waals surface area contributed by atoms with Crippen LogP contribution >= 0.6 is 24.8 Å². The normalized spacial score (nSPS) is 22.2. The highest BCUT2D eigenvalue weighted by atomic mass is 35.5. The van der Waals surface area contributed by atoms with Gasteiger partial charge in [0, 0.05) is 50.2 Å². The maximum Gasteiger partial charge on any atom is 0.222 e. The molecule has 1 saturated heterocycles. The van der Waals surface area contributed by atoms with Gasteiger partial charge >= 0.3 is 0 Å². The summed E-state index contributed by atoms with van der Waals surface area (Å²) >= 11 is 0. The van der Waals surface area contributed by atoms with Crippen LogP contribution in [0.2, 0.25) is 0 Å². The first-order valence-electron chi connectivity index (χ1n) is 8.89. The lowest BCUT2D eigenvalue weighted by Crippen LogP contribution is -2.39. The summed E-state index contributed by atoms with van der Waals surface area (Å²) in [6.45, 7) is 1.79. The number of hydrogen-bond acceptors (Lipinski definition) is 7. The molecule has 4 rings (SSSR count). The molecule has 0 atom stereocenters. The molecule has 0 spiro atoms. The Morgan fingerprint density at radius 2 is 1.85 bits per heavy atom. The Hall–Kier alpha value is -1.83. The second kappa shape index (κ2) is 9.39. The molecule has 0 radical (unpaired) electrons.